The van der Waals surface area contributed by atoms with E-state index in [2.05, 4.69) is 19.9 Å². The molecule has 6 rings (SSSR count). The first-order valence-corrected chi connectivity index (χ1v) is 17.9. The standard InChI is InChI=1S/C20H27N3O4.C19H23N3O5/c1-19(2,3)27-18(24)23-12-13(10-16(23)20(4,5)25)26-17-11-21-14-8-6-7-9-15(14)22-17;1-19(2,3)27-18(24)22-11-12(9-15(22)17(23)25-4)26-16-10-20-13-7-5-6-8-14(13)21-16/h6-9,11,13,16,25H,10,12H2,1-5H3;5-8,10,12,15H,9,11H2,1-4H3. The molecule has 0 spiro atoms. The summed E-state index contributed by atoms with van der Waals surface area (Å²) in [6, 6.07) is 13.8. The Morgan fingerprint density at radius 2 is 1.09 bits per heavy atom. The smallest absolute Gasteiger partial charge is 0.411 e. The number of benzene rings is 2. The van der Waals surface area contributed by atoms with Crippen LogP contribution in [0.2, 0.25) is 0 Å². The van der Waals surface area contributed by atoms with Crippen molar-refractivity contribution < 1.29 is 43.2 Å². The number of aromatic nitrogens is 4. The summed E-state index contributed by atoms with van der Waals surface area (Å²) in [6.07, 6.45) is 2.14. The highest BCUT2D eigenvalue weighted by Crippen LogP contribution is 2.31. The van der Waals surface area contributed by atoms with Crippen LogP contribution in [0.5, 0.6) is 11.8 Å². The van der Waals surface area contributed by atoms with Crippen LogP contribution in [0.25, 0.3) is 22.1 Å². The summed E-state index contributed by atoms with van der Waals surface area (Å²) in [5.74, 6) is 0.240. The molecule has 0 saturated carbocycles. The summed E-state index contributed by atoms with van der Waals surface area (Å²) in [5.41, 5.74) is 0.659. The van der Waals surface area contributed by atoms with Crippen LogP contribution < -0.4 is 9.47 Å². The predicted molar refractivity (Wildman–Crippen MR) is 199 cm³/mol. The quantitative estimate of drug-likeness (QED) is 0.188. The predicted octanol–water partition coefficient (Wildman–Crippen LogP) is 5.72. The normalized spacial score (nSPS) is 20.3. The van der Waals surface area contributed by atoms with Gasteiger partial charge in [-0.25, -0.2) is 34.3 Å². The molecule has 0 aliphatic carbocycles. The van der Waals surface area contributed by atoms with E-state index in [1.807, 2.05) is 69.3 Å². The van der Waals surface area contributed by atoms with Crippen molar-refractivity contribution in [1.29, 1.82) is 0 Å². The van der Waals surface area contributed by atoms with Crippen LogP contribution in [0.4, 0.5) is 9.59 Å². The molecule has 2 aromatic carbocycles. The number of aliphatic hydroxyl groups is 1. The third-order valence-corrected chi connectivity index (χ3v) is 8.50. The number of methoxy groups -OCH3 is 1. The van der Waals surface area contributed by atoms with Gasteiger partial charge in [-0.1, -0.05) is 24.3 Å². The summed E-state index contributed by atoms with van der Waals surface area (Å²) in [6.45, 7) is 14.7. The number of ether oxygens (including phenoxy) is 5. The molecule has 4 atom stereocenters. The Balaban J connectivity index is 0.000000208. The Morgan fingerprint density at radius 1 is 0.667 bits per heavy atom. The van der Waals surface area contributed by atoms with Crippen molar-refractivity contribution in [2.45, 2.75) is 109 Å². The van der Waals surface area contributed by atoms with Crippen molar-refractivity contribution >= 4 is 40.2 Å². The maximum absolute atomic E-state index is 12.6. The maximum atomic E-state index is 12.6. The lowest BCUT2D eigenvalue weighted by molar-refractivity contribution is -0.145. The number of nitrogens with zero attached hydrogens (tertiary/aromatic N) is 6. The van der Waals surface area contributed by atoms with Gasteiger partial charge in [-0.15, -0.1) is 0 Å². The number of carbonyl (C=O) groups is 3. The van der Waals surface area contributed by atoms with Gasteiger partial charge in [0.1, 0.15) is 29.5 Å². The molecule has 2 saturated heterocycles. The fourth-order valence-corrected chi connectivity index (χ4v) is 6.18. The zero-order valence-corrected chi connectivity index (χ0v) is 32.3. The summed E-state index contributed by atoms with van der Waals surface area (Å²) < 4.78 is 27.6. The molecule has 2 aliphatic rings. The van der Waals surface area contributed by atoms with Crippen LogP contribution in [-0.2, 0) is 19.0 Å². The maximum Gasteiger partial charge on any atom is 0.411 e. The Bertz CT molecular complexity index is 1960. The molecular weight excluding hydrogens is 696 g/mol. The highest BCUT2D eigenvalue weighted by atomic mass is 16.6. The van der Waals surface area contributed by atoms with Gasteiger partial charge in [-0.3, -0.25) is 9.80 Å². The molecule has 4 heterocycles. The van der Waals surface area contributed by atoms with E-state index in [1.165, 1.54) is 18.2 Å². The Morgan fingerprint density at radius 3 is 1.54 bits per heavy atom. The van der Waals surface area contributed by atoms with E-state index in [0.717, 1.165) is 16.6 Å². The summed E-state index contributed by atoms with van der Waals surface area (Å²) in [5, 5.41) is 10.5. The van der Waals surface area contributed by atoms with Crippen LogP contribution >= 0.6 is 0 Å². The lowest BCUT2D eigenvalue weighted by atomic mass is 9.96. The Kier molecular flexibility index (Phi) is 11.8. The average Bonchev–Trinajstić information content (AvgIpc) is 3.72. The number of hydrogen-bond acceptors (Lipinski definition) is 13. The first-order valence-electron chi connectivity index (χ1n) is 17.9. The van der Waals surface area contributed by atoms with Crippen molar-refractivity contribution in [3.8, 4) is 11.8 Å². The van der Waals surface area contributed by atoms with Gasteiger partial charge in [0.05, 0.1) is 66.3 Å². The van der Waals surface area contributed by atoms with Crippen LogP contribution in [0.1, 0.15) is 68.2 Å². The molecule has 290 valence electrons. The van der Waals surface area contributed by atoms with Crippen molar-refractivity contribution in [3.63, 3.8) is 0 Å². The van der Waals surface area contributed by atoms with Crippen LogP contribution in [-0.4, -0.2) is 114 Å². The van der Waals surface area contributed by atoms with Gasteiger partial charge < -0.3 is 28.8 Å². The van der Waals surface area contributed by atoms with Crippen molar-refractivity contribution in [3.05, 3.63) is 60.9 Å². The molecule has 2 amide bonds. The molecular formula is C39H50N6O9. The largest absolute Gasteiger partial charge is 0.471 e. The zero-order valence-electron chi connectivity index (χ0n) is 32.3. The number of carbonyl (C=O) groups excluding carboxylic acids is 3. The van der Waals surface area contributed by atoms with E-state index in [0.29, 0.717) is 36.7 Å². The molecule has 1 N–H and O–H groups in total. The fourth-order valence-electron chi connectivity index (χ4n) is 6.18. The second-order valence-electron chi connectivity index (χ2n) is 15.8. The Hall–Kier alpha value is -5.31. The molecule has 4 unspecified atom stereocenters. The van der Waals surface area contributed by atoms with E-state index < -0.39 is 53.1 Å². The number of para-hydroxylation sites is 4. The monoisotopic (exact) mass is 746 g/mol. The molecule has 2 aliphatic heterocycles. The van der Waals surface area contributed by atoms with E-state index in [4.69, 9.17) is 23.7 Å². The van der Waals surface area contributed by atoms with E-state index in [9.17, 15) is 19.5 Å². The van der Waals surface area contributed by atoms with Gasteiger partial charge in [0.15, 0.2) is 0 Å². The first-order chi connectivity index (χ1) is 25.3. The summed E-state index contributed by atoms with van der Waals surface area (Å²) >= 11 is 0. The first kappa shape index (κ1) is 39.9. The van der Waals surface area contributed by atoms with Crippen molar-refractivity contribution in [1.82, 2.24) is 29.7 Å². The SMILES string of the molecule is CC(C)(C)OC(=O)N1CC(Oc2cnc3ccccc3n2)CC1C(C)(C)O.COC(=O)C1CC(Oc2cnc3ccccc3n2)CN1C(=O)OC(C)(C)C. The van der Waals surface area contributed by atoms with Gasteiger partial charge in [0, 0.05) is 12.8 Å². The van der Waals surface area contributed by atoms with Gasteiger partial charge in [-0.05, 0) is 79.7 Å². The molecule has 0 bridgehead atoms. The van der Waals surface area contributed by atoms with Gasteiger partial charge in [-0.2, -0.15) is 0 Å². The zero-order chi connectivity index (χ0) is 39.4. The van der Waals surface area contributed by atoms with E-state index in [1.54, 1.807) is 45.7 Å². The van der Waals surface area contributed by atoms with Gasteiger partial charge in [0.2, 0.25) is 11.8 Å². The summed E-state index contributed by atoms with van der Waals surface area (Å²) in [7, 11) is 1.29. The topological polar surface area (TPSA) is 176 Å². The third kappa shape index (κ3) is 10.4. The Labute approximate surface area is 314 Å². The number of likely N-dealkylation sites (tertiary alicyclic amines) is 2. The molecule has 2 aromatic heterocycles. The number of amides is 2. The third-order valence-electron chi connectivity index (χ3n) is 8.50. The fraction of sp³-hybridized carbons (Fsp3) is 0.513. The minimum atomic E-state index is -1.08. The second-order valence-corrected chi connectivity index (χ2v) is 15.8. The van der Waals surface area contributed by atoms with Crippen molar-refractivity contribution in [2.24, 2.45) is 0 Å². The molecule has 2 fully saturated rings. The van der Waals surface area contributed by atoms with Crippen LogP contribution in [0.15, 0.2) is 60.9 Å². The lowest BCUT2D eigenvalue weighted by Crippen LogP contribution is -2.49. The second kappa shape index (κ2) is 16.0. The number of fused-ring (bicyclic) bond motifs is 2. The lowest BCUT2D eigenvalue weighted by Gasteiger charge is -2.34. The number of hydrogen-bond donors (Lipinski definition) is 1. The minimum Gasteiger partial charge on any atom is -0.471 e. The van der Waals surface area contributed by atoms with E-state index in [-0.39, 0.29) is 12.6 Å². The van der Waals surface area contributed by atoms with Gasteiger partial charge >= 0.3 is 18.2 Å². The van der Waals surface area contributed by atoms with Crippen LogP contribution in [0, 0.1) is 0 Å². The van der Waals surface area contributed by atoms with Crippen molar-refractivity contribution in [2.75, 3.05) is 20.2 Å². The molecule has 15 heteroatoms. The van der Waals surface area contributed by atoms with Crippen LogP contribution in [0.3, 0.4) is 0 Å². The van der Waals surface area contributed by atoms with Gasteiger partial charge in [0.25, 0.3) is 0 Å². The highest BCUT2D eigenvalue weighted by Gasteiger charge is 2.46. The number of esters is 1. The number of rotatable bonds is 6. The molecule has 54 heavy (non-hydrogen) atoms. The summed E-state index contributed by atoms with van der Waals surface area (Å²) in [4.78, 5) is 57.6. The molecule has 4 aromatic rings. The molecule has 0 radical (unpaired) electrons. The highest BCUT2D eigenvalue weighted by molar-refractivity contribution is 5.82. The van der Waals surface area contributed by atoms with E-state index >= 15 is 0 Å². The minimum absolute atomic E-state index is 0.198. The molecule has 15 nitrogen and oxygen atoms in total. The average molecular weight is 747 g/mol.